The first-order valence-corrected chi connectivity index (χ1v) is 8.61. The third-order valence-corrected chi connectivity index (χ3v) is 4.45. The van der Waals surface area contributed by atoms with Gasteiger partial charge in [0.05, 0.1) is 6.04 Å². The first-order chi connectivity index (χ1) is 8.69. The van der Waals surface area contributed by atoms with E-state index in [1.165, 1.54) is 19.3 Å². The minimum Gasteiger partial charge on any atom is -0.341 e. The van der Waals surface area contributed by atoms with Gasteiger partial charge in [-0.1, -0.05) is 19.8 Å². The van der Waals surface area contributed by atoms with Crippen molar-refractivity contribution in [1.29, 1.82) is 0 Å². The lowest BCUT2D eigenvalue weighted by molar-refractivity contribution is -0.132. The molecule has 4 heteroatoms. The molecule has 18 heavy (non-hydrogen) atoms. The topological polar surface area (TPSA) is 46.3 Å². The van der Waals surface area contributed by atoms with Crippen LogP contribution in [0.3, 0.4) is 0 Å². The summed E-state index contributed by atoms with van der Waals surface area (Å²) in [6.07, 6.45) is 9.00. The number of thioether (sulfide) groups is 1. The van der Waals surface area contributed by atoms with E-state index in [4.69, 9.17) is 5.73 Å². The van der Waals surface area contributed by atoms with E-state index < -0.39 is 0 Å². The number of carbonyl (C=O) groups excluding carboxylic acids is 1. The van der Waals surface area contributed by atoms with Crippen molar-refractivity contribution in [2.45, 2.75) is 51.5 Å². The molecule has 1 unspecified atom stereocenters. The maximum absolute atomic E-state index is 12.2. The van der Waals surface area contributed by atoms with Gasteiger partial charge in [0.25, 0.3) is 0 Å². The third-order valence-electron chi connectivity index (χ3n) is 3.81. The van der Waals surface area contributed by atoms with Gasteiger partial charge in [-0.15, -0.1) is 0 Å². The number of rotatable bonds is 6. The molecule has 1 saturated heterocycles. The second-order valence-corrected chi connectivity index (χ2v) is 6.28. The van der Waals surface area contributed by atoms with Crippen LogP contribution in [0.5, 0.6) is 0 Å². The van der Waals surface area contributed by atoms with Crippen molar-refractivity contribution >= 4 is 17.7 Å². The van der Waals surface area contributed by atoms with E-state index in [1.807, 2.05) is 4.90 Å². The molecule has 0 aliphatic carbocycles. The quantitative estimate of drug-likeness (QED) is 0.808. The molecule has 2 atom stereocenters. The van der Waals surface area contributed by atoms with Crippen LogP contribution in [0, 0.1) is 5.92 Å². The number of nitrogens with zero attached hydrogens (tertiary/aromatic N) is 1. The largest absolute Gasteiger partial charge is 0.341 e. The molecular weight excluding hydrogens is 244 g/mol. The predicted octanol–water partition coefficient (Wildman–Crippen LogP) is 2.50. The smallest absolute Gasteiger partial charge is 0.239 e. The molecule has 0 saturated carbocycles. The first-order valence-electron chi connectivity index (χ1n) is 7.22. The summed E-state index contributed by atoms with van der Waals surface area (Å²) in [5.74, 6) is 1.95. The molecule has 1 aliphatic heterocycles. The Balaban J connectivity index is 2.39. The fourth-order valence-corrected chi connectivity index (χ4v) is 3.18. The molecule has 0 bridgehead atoms. The van der Waals surface area contributed by atoms with E-state index in [-0.39, 0.29) is 11.9 Å². The lowest BCUT2D eigenvalue weighted by atomic mass is 9.96. The van der Waals surface area contributed by atoms with Crippen molar-refractivity contribution in [3.05, 3.63) is 0 Å². The van der Waals surface area contributed by atoms with E-state index in [9.17, 15) is 4.79 Å². The molecule has 1 heterocycles. The van der Waals surface area contributed by atoms with E-state index in [0.717, 1.165) is 44.0 Å². The number of nitrogens with two attached hydrogens (primary N) is 1. The Morgan fingerprint density at radius 1 is 1.44 bits per heavy atom. The molecule has 0 spiro atoms. The van der Waals surface area contributed by atoms with Crippen LogP contribution < -0.4 is 5.73 Å². The SMILES string of the molecule is CCCC1CCCN(C(=O)[C@H](N)CCSC)CC1. The van der Waals surface area contributed by atoms with E-state index in [2.05, 4.69) is 13.2 Å². The first kappa shape index (κ1) is 15.8. The Bertz CT molecular complexity index is 248. The lowest BCUT2D eigenvalue weighted by Gasteiger charge is -2.24. The summed E-state index contributed by atoms with van der Waals surface area (Å²) in [5.41, 5.74) is 5.97. The molecule has 106 valence electrons. The molecule has 0 aromatic carbocycles. The zero-order valence-electron chi connectivity index (χ0n) is 11.9. The van der Waals surface area contributed by atoms with Crippen LogP contribution in [0.1, 0.15) is 45.4 Å². The Labute approximate surface area is 116 Å². The summed E-state index contributed by atoms with van der Waals surface area (Å²) in [4.78, 5) is 14.2. The number of hydrogen-bond acceptors (Lipinski definition) is 3. The zero-order valence-corrected chi connectivity index (χ0v) is 12.7. The number of hydrogen-bond donors (Lipinski definition) is 1. The number of amides is 1. The van der Waals surface area contributed by atoms with Gasteiger partial charge in [-0.3, -0.25) is 4.79 Å². The summed E-state index contributed by atoms with van der Waals surface area (Å²) in [7, 11) is 0. The van der Waals surface area contributed by atoms with Gasteiger partial charge in [-0.05, 0) is 43.6 Å². The fourth-order valence-electron chi connectivity index (χ4n) is 2.69. The van der Waals surface area contributed by atoms with Gasteiger partial charge in [0, 0.05) is 13.1 Å². The second kappa shape index (κ2) is 8.81. The zero-order chi connectivity index (χ0) is 13.4. The predicted molar refractivity (Wildman–Crippen MR) is 79.8 cm³/mol. The van der Waals surface area contributed by atoms with Crippen molar-refractivity contribution in [2.24, 2.45) is 11.7 Å². The van der Waals surface area contributed by atoms with Crippen LogP contribution in [0.2, 0.25) is 0 Å². The van der Waals surface area contributed by atoms with Gasteiger partial charge in [0.2, 0.25) is 5.91 Å². The van der Waals surface area contributed by atoms with Crippen LogP contribution in [0.15, 0.2) is 0 Å². The highest BCUT2D eigenvalue weighted by Gasteiger charge is 2.23. The van der Waals surface area contributed by atoms with Gasteiger partial charge >= 0.3 is 0 Å². The van der Waals surface area contributed by atoms with Gasteiger partial charge in [-0.25, -0.2) is 0 Å². The monoisotopic (exact) mass is 272 g/mol. The summed E-state index contributed by atoms with van der Waals surface area (Å²) >= 11 is 1.75. The van der Waals surface area contributed by atoms with Crippen molar-refractivity contribution in [3.8, 4) is 0 Å². The minimum atomic E-state index is -0.292. The highest BCUT2D eigenvalue weighted by atomic mass is 32.2. The van der Waals surface area contributed by atoms with Crippen molar-refractivity contribution in [2.75, 3.05) is 25.1 Å². The Kier molecular flexibility index (Phi) is 7.75. The Hall–Kier alpha value is -0.220. The summed E-state index contributed by atoms with van der Waals surface area (Å²) < 4.78 is 0. The van der Waals surface area contributed by atoms with Crippen LogP contribution >= 0.6 is 11.8 Å². The molecule has 1 fully saturated rings. The molecule has 1 rings (SSSR count). The fraction of sp³-hybridized carbons (Fsp3) is 0.929. The van der Waals surface area contributed by atoms with Crippen molar-refractivity contribution in [3.63, 3.8) is 0 Å². The molecule has 1 amide bonds. The normalized spacial score (nSPS) is 22.6. The standard InChI is InChI=1S/C14H28N2OS/c1-3-5-12-6-4-9-16(10-7-12)14(17)13(15)8-11-18-2/h12-13H,3-11,15H2,1-2H3/t12?,13-/m1/s1. The molecule has 1 aliphatic rings. The lowest BCUT2D eigenvalue weighted by Crippen LogP contribution is -2.44. The van der Waals surface area contributed by atoms with Gasteiger partial charge < -0.3 is 10.6 Å². The average molecular weight is 272 g/mol. The van der Waals surface area contributed by atoms with Crippen LogP contribution in [-0.2, 0) is 4.79 Å². The molecule has 3 nitrogen and oxygen atoms in total. The molecule has 0 aromatic rings. The van der Waals surface area contributed by atoms with Crippen LogP contribution in [0.4, 0.5) is 0 Å². The maximum Gasteiger partial charge on any atom is 0.239 e. The summed E-state index contributed by atoms with van der Waals surface area (Å²) in [6, 6.07) is -0.292. The second-order valence-electron chi connectivity index (χ2n) is 5.30. The maximum atomic E-state index is 12.2. The molecule has 0 radical (unpaired) electrons. The summed E-state index contributed by atoms with van der Waals surface area (Å²) in [6.45, 7) is 4.06. The number of likely N-dealkylation sites (tertiary alicyclic amines) is 1. The van der Waals surface area contributed by atoms with Crippen LogP contribution in [0.25, 0.3) is 0 Å². The molecular formula is C14H28N2OS. The van der Waals surface area contributed by atoms with E-state index in [1.54, 1.807) is 11.8 Å². The summed E-state index contributed by atoms with van der Waals surface area (Å²) in [5, 5.41) is 0. The Morgan fingerprint density at radius 3 is 2.89 bits per heavy atom. The minimum absolute atomic E-state index is 0.168. The highest BCUT2D eigenvalue weighted by Crippen LogP contribution is 2.22. The van der Waals surface area contributed by atoms with Crippen LogP contribution in [-0.4, -0.2) is 41.9 Å². The van der Waals surface area contributed by atoms with Gasteiger partial charge in [-0.2, -0.15) is 11.8 Å². The van der Waals surface area contributed by atoms with Gasteiger partial charge in [0.1, 0.15) is 0 Å². The average Bonchev–Trinajstić information content (AvgIpc) is 2.61. The molecule has 2 N–H and O–H groups in total. The van der Waals surface area contributed by atoms with Gasteiger partial charge in [0.15, 0.2) is 0 Å². The van der Waals surface area contributed by atoms with E-state index in [0.29, 0.717) is 0 Å². The van der Waals surface area contributed by atoms with Crippen molar-refractivity contribution < 1.29 is 4.79 Å². The van der Waals surface area contributed by atoms with E-state index >= 15 is 0 Å². The third kappa shape index (κ3) is 5.19. The van der Waals surface area contributed by atoms with Crippen molar-refractivity contribution in [1.82, 2.24) is 4.90 Å². The molecule has 0 aromatic heterocycles. The number of carbonyl (C=O) groups is 1. The Morgan fingerprint density at radius 2 is 2.22 bits per heavy atom. The highest BCUT2D eigenvalue weighted by molar-refractivity contribution is 7.98.